The summed E-state index contributed by atoms with van der Waals surface area (Å²) in [4.78, 5) is 8.97. The number of hydrogen-bond donors (Lipinski definition) is 2. The van der Waals surface area contributed by atoms with Crippen molar-refractivity contribution < 1.29 is 4.39 Å². The topological polar surface area (TPSA) is 42.9 Å². The van der Waals surface area contributed by atoms with Crippen molar-refractivity contribution >= 4 is 29.9 Å². The van der Waals surface area contributed by atoms with Crippen molar-refractivity contribution in [1.29, 1.82) is 0 Å². The molecule has 2 N–H and O–H groups in total. The van der Waals surface area contributed by atoms with Crippen LogP contribution in [0.4, 0.5) is 4.39 Å². The number of piperidine rings is 1. The van der Waals surface area contributed by atoms with Gasteiger partial charge in [-0.2, -0.15) is 0 Å². The van der Waals surface area contributed by atoms with Gasteiger partial charge in [-0.3, -0.25) is 4.99 Å². The molecule has 1 aromatic rings. The zero-order chi connectivity index (χ0) is 19.1. The molecule has 0 spiro atoms. The predicted molar refractivity (Wildman–Crippen MR) is 122 cm³/mol. The second-order valence-electron chi connectivity index (χ2n) is 7.54. The molecule has 1 aromatic carbocycles. The van der Waals surface area contributed by atoms with Gasteiger partial charge in [-0.05, 0) is 58.5 Å². The molecule has 2 rings (SSSR count). The van der Waals surface area contributed by atoms with Gasteiger partial charge in [0.25, 0.3) is 0 Å². The van der Waals surface area contributed by atoms with Crippen LogP contribution in [0, 0.1) is 5.82 Å². The molecule has 1 heterocycles. The number of rotatable bonds is 6. The van der Waals surface area contributed by atoms with Gasteiger partial charge in [0.05, 0.1) is 6.04 Å². The molecule has 0 aromatic heterocycles. The third-order valence-corrected chi connectivity index (χ3v) is 5.14. The van der Waals surface area contributed by atoms with E-state index in [-0.39, 0.29) is 35.8 Å². The lowest BCUT2D eigenvalue weighted by Crippen LogP contribution is -2.50. The van der Waals surface area contributed by atoms with E-state index in [0.29, 0.717) is 18.6 Å². The maximum atomic E-state index is 13.6. The first-order chi connectivity index (χ1) is 12.4. The first-order valence-corrected chi connectivity index (χ1v) is 9.53. The maximum absolute atomic E-state index is 13.6. The Morgan fingerprint density at radius 3 is 2.48 bits per heavy atom. The third-order valence-electron chi connectivity index (χ3n) is 5.14. The van der Waals surface area contributed by atoms with Gasteiger partial charge in [0.2, 0.25) is 0 Å². The summed E-state index contributed by atoms with van der Waals surface area (Å²) in [6, 6.07) is 7.94. The van der Waals surface area contributed by atoms with E-state index in [1.807, 2.05) is 20.2 Å². The van der Waals surface area contributed by atoms with Gasteiger partial charge < -0.3 is 20.4 Å². The van der Waals surface area contributed by atoms with Crippen molar-refractivity contribution in [3.8, 4) is 0 Å². The van der Waals surface area contributed by atoms with Crippen molar-refractivity contribution in [1.82, 2.24) is 20.4 Å². The quantitative estimate of drug-likeness (QED) is 0.365. The Morgan fingerprint density at radius 2 is 1.96 bits per heavy atom. The highest BCUT2D eigenvalue weighted by molar-refractivity contribution is 14.0. The van der Waals surface area contributed by atoms with Crippen LogP contribution in [0.15, 0.2) is 29.3 Å². The highest BCUT2D eigenvalue weighted by atomic mass is 127. The molecular formula is C20H35FIN5. The Kier molecular flexibility index (Phi) is 10.5. The van der Waals surface area contributed by atoms with Gasteiger partial charge in [0, 0.05) is 38.8 Å². The Morgan fingerprint density at radius 1 is 1.30 bits per heavy atom. The SMILES string of the molecule is CN=C(NCC(c1cccc(F)c1)N(C)C)NC1CCN(C(C)C)CC1.I. The molecule has 1 aliphatic rings. The smallest absolute Gasteiger partial charge is 0.191 e. The molecule has 154 valence electrons. The normalized spacial score (nSPS) is 17.7. The molecule has 1 unspecified atom stereocenters. The fraction of sp³-hybridized carbons (Fsp3) is 0.650. The molecule has 0 amide bonds. The van der Waals surface area contributed by atoms with E-state index in [1.165, 1.54) is 6.07 Å². The second kappa shape index (κ2) is 11.8. The molecule has 0 radical (unpaired) electrons. The monoisotopic (exact) mass is 491 g/mol. The van der Waals surface area contributed by atoms with Gasteiger partial charge in [-0.15, -0.1) is 24.0 Å². The summed E-state index contributed by atoms with van der Waals surface area (Å²) in [5.74, 6) is 0.616. The van der Waals surface area contributed by atoms with Gasteiger partial charge in [-0.1, -0.05) is 12.1 Å². The molecule has 5 nitrogen and oxygen atoms in total. The molecule has 7 heteroatoms. The molecule has 1 aliphatic heterocycles. The number of benzene rings is 1. The summed E-state index contributed by atoms with van der Waals surface area (Å²) in [6.07, 6.45) is 2.25. The van der Waals surface area contributed by atoms with E-state index < -0.39 is 0 Å². The van der Waals surface area contributed by atoms with E-state index in [9.17, 15) is 4.39 Å². The van der Waals surface area contributed by atoms with Gasteiger partial charge in [0.1, 0.15) is 5.82 Å². The first-order valence-electron chi connectivity index (χ1n) is 9.53. The molecule has 1 saturated heterocycles. The van der Waals surface area contributed by atoms with Crippen molar-refractivity contribution in [3.05, 3.63) is 35.6 Å². The van der Waals surface area contributed by atoms with E-state index in [0.717, 1.165) is 37.5 Å². The Balaban J connectivity index is 0.00000364. The van der Waals surface area contributed by atoms with E-state index in [1.54, 1.807) is 19.2 Å². The van der Waals surface area contributed by atoms with Gasteiger partial charge in [-0.25, -0.2) is 4.39 Å². The minimum atomic E-state index is -0.200. The highest BCUT2D eigenvalue weighted by Crippen LogP contribution is 2.18. The van der Waals surface area contributed by atoms with Crippen molar-refractivity contribution in [2.24, 2.45) is 4.99 Å². The lowest BCUT2D eigenvalue weighted by atomic mass is 10.0. The van der Waals surface area contributed by atoms with Crippen LogP contribution in [0.1, 0.15) is 38.3 Å². The molecule has 1 atom stereocenters. The Bertz CT molecular complexity index is 585. The number of hydrogen-bond acceptors (Lipinski definition) is 3. The van der Waals surface area contributed by atoms with Crippen LogP contribution in [-0.2, 0) is 0 Å². The molecule has 27 heavy (non-hydrogen) atoms. The average molecular weight is 491 g/mol. The largest absolute Gasteiger partial charge is 0.354 e. The van der Waals surface area contributed by atoms with E-state index >= 15 is 0 Å². The van der Waals surface area contributed by atoms with Crippen molar-refractivity contribution in [2.45, 2.75) is 44.8 Å². The lowest BCUT2D eigenvalue weighted by molar-refractivity contribution is 0.167. The molecule has 0 saturated carbocycles. The zero-order valence-electron chi connectivity index (χ0n) is 17.2. The Labute approximate surface area is 180 Å². The summed E-state index contributed by atoms with van der Waals surface area (Å²) >= 11 is 0. The number of nitrogens with zero attached hydrogens (tertiary/aromatic N) is 3. The molecule has 1 fully saturated rings. The standard InChI is InChI=1S/C20H34FN5.HI/c1-15(2)26-11-9-18(10-12-26)24-20(22-3)23-14-19(25(4)5)16-7-6-8-17(21)13-16;/h6-8,13,15,18-19H,9-12,14H2,1-5H3,(H2,22,23,24);1H. The van der Waals surface area contributed by atoms with Crippen LogP contribution in [0.5, 0.6) is 0 Å². The van der Waals surface area contributed by atoms with Gasteiger partial charge in [0.15, 0.2) is 5.96 Å². The average Bonchev–Trinajstić information content (AvgIpc) is 2.61. The summed E-state index contributed by atoms with van der Waals surface area (Å²) in [5, 5.41) is 6.95. The van der Waals surface area contributed by atoms with Crippen LogP contribution < -0.4 is 10.6 Å². The summed E-state index contributed by atoms with van der Waals surface area (Å²) in [6.45, 7) is 7.41. The van der Waals surface area contributed by atoms with Crippen molar-refractivity contribution in [2.75, 3.05) is 40.8 Å². The summed E-state index contributed by atoms with van der Waals surface area (Å²) in [5.41, 5.74) is 0.961. The van der Waals surface area contributed by atoms with Crippen LogP contribution in [0.25, 0.3) is 0 Å². The first kappa shape index (κ1) is 24.1. The van der Waals surface area contributed by atoms with Crippen LogP contribution in [0.2, 0.25) is 0 Å². The van der Waals surface area contributed by atoms with Crippen molar-refractivity contribution in [3.63, 3.8) is 0 Å². The molecule has 0 bridgehead atoms. The summed E-state index contributed by atoms with van der Waals surface area (Å²) < 4.78 is 13.6. The fourth-order valence-electron chi connectivity index (χ4n) is 3.45. The number of aliphatic imine (C=N–C) groups is 1. The minimum Gasteiger partial charge on any atom is -0.354 e. The number of halogens is 2. The maximum Gasteiger partial charge on any atom is 0.191 e. The van der Waals surface area contributed by atoms with Crippen LogP contribution in [-0.4, -0.2) is 68.6 Å². The molecule has 0 aliphatic carbocycles. The third kappa shape index (κ3) is 7.54. The lowest BCUT2D eigenvalue weighted by Gasteiger charge is -2.35. The number of nitrogens with one attached hydrogen (secondary N) is 2. The second-order valence-corrected chi connectivity index (χ2v) is 7.54. The number of likely N-dealkylation sites (tertiary alicyclic amines) is 1. The number of guanidine groups is 1. The minimum absolute atomic E-state index is 0. The zero-order valence-corrected chi connectivity index (χ0v) is 19.5. The molecular weight excluding hydrogens is 456 g/mol. The van der Waals surface area contributed by atoms with E-state index in [4.69, 9.17) is 0 Å². The summed E-state index contributed by atoms with van der Waals surface area (Å²) in [7, 11) is 5.82. The van der Waals surface area contributed by atoms with Crippen LogP contribution >= 0.6 is 24.0 Å². The fourth-order valence-corrected chi connectivity index (χ4v) is 3.45. The van der Waals surface area contributed by atoms with E-state index in [2.05, 4.69) is 39.3 Å². The Hall–Kier alpha value is -0.930. The predicted octanol–water partition coefficient (Wildman–Crippen LogP) is 3.08. The van der Waals surface area contributed by atoms with Crippen LogP contribution in [0.3, 0.4) is 0 Å². The highest BCUT2D eigenvalue weighted by Gasteiger charge is 2.22. The number of likely N-dealkylation sites (N-methyl/N-ethyl adjacent to an activating group) is 1. The van der Waals surface area contributed by atoms with Gasteiger partial charge >= 0.3 is 0 Å².